The van der Waals surface area contributed by atoms with E-state index in [1.807, 2.05) is 23.5 Å². The fraction of sp³-hybridized carbons (Fsp3) is 0.412. The van der Waals surface area contributed by atoms with Gasteiger partial charge in [0.15, 0.2) is 0 Å². The lowest BCUT2D eigenvalue weighted by Crippen LogP contribution is -2.21. The molecular formula is C17H20ClNS. The Morgan fingerprint density at radius 2 is 2.10 bits per heavy atom. The molecule has 20 heavy (non-hydrogen) atoms. The molecule has 1 aliphatic rings. The molecule has 0 spiro atoms. The molecule has 2 aromatic rings. The average molecular weight is 306 g/mol. The highest BCUT2D eigenvalue weighted by Crippen LogP contribution is 2.44. The molecule has 1 atom stereocenters. The number of rotatable bonds is 5. The van der Waals surface area contributed by atoms with Crippen LogP contribution in [0.4, 0.5) is 0 Å². The van der Waals surface area contributed by atoms with Crippen molar-refractivity contribution in [2.24, 2.45) is 5.92 Å². The van der Waals surface area contributed by atoms with E-state index < -0.39 is 0 Å². The van der Waals surface area contributed by atoms with Gasteiger partial charge in [-0.15, -0.1) is 11.3 Å². The smallest absolute Gasteiger partial charge is 0.0443 e. The summed E-state index contributed by atoms with van der Waals surface area (Å²) in [7, 11) is 0. The van der Waals surface area contributed by atoms with Crippen molar-refractivity contribution in [3.8, 4) is 10.4 Å². The van der Waals surface area contributed by atoms with Gasteiger partial charge in [0.05, 0.1) is 0 Å². The Hall–Kier alpha value is -0.830. The lowest BCUT2D eigenvalue weighted by molar-refractivity contribution is 0.504. The van der Waals surface area contributed by atoms with E-state index in [1.165, 1.54) is 33.7 Å². The maximum absolute atomic E-state index is 6.24. The second-order valence-corrected chi connectivity index (χ2v) is 7.01. The van der Waals surface area contributed by atoms with Gasteiger partial charge in [-0.3, -0.25) is 0 Å². The number of benzene rings is 1. The van der Waals surface area contributed by atoms with Crippen LogP contribution in [0.5, 0.6) is 0 Å². The molecule has 1 nitrogen and oxygen atoms in total. The molecule has 1 aromatic carbocycles. The molecule has 0 bridgehead atoms. The van der Waals surface area contributed by atoms with Crippen LogP contribution >= 0.6 is 22.9 Å². The molecule has 1 N–H and O–H groups in total. The molecular weight excluding hydrogens is 286 g/mol. The highest BCUT2D eigenvalue weighted by Gasteiger charge is 2.32. The standard InChI is InChI=1S/C17H20ClNS/c1-3-19-17(12-7-8-12)16-10-9-15(20-16)13-5-4-6-14(18)11(13)2/h4-6,9-10,12,17,19H,3,7-8H2,1-2H3. The van der Waals surface area contributed by atoms with Crippen molar-refractivity contribution in [1.29, 1.82) is 0 Å². The topological polar surface area (TPSA) is 12.0 Å². The van der Waals surface area contributed by atoms with Crippen LogP contribution in [0.25, 0.3) is 10.4 Å². The van der Waals surface area contributed by atoms with Gasteiger partial charge in [0.25, 0.3) is 0 Å². The Kier molecular flexibility index (Phi) is 4.16. The van der Waals surface area contributed by atoms with Gasteiger partial charge >= 0.3 is 0 Å². The minimum Gasteiger partial charge on any atom is -0.309 e. The van der Waals surface area contributed by atoms with Crippen molar-refractivity contribution in [2.45, 2.75) is 32.7 Å². The van der Waals surface area contributed by atoms with Crippen LogP contribution in [0.1, 0.15) is 36.2 Å². The lowest BCUT2D eigenvalue weighted by atomic mass is 10.1. The predicted octanol–water partition coefficient (Wildman–Crippen LogP) is 5.44. The van der Waals surface area contributed by atoms with Gasteiger partial charge in [-0.25, -0.2) is 0 Å². The summed E-state index contributed by atoms with van der Waals surface area (Å²) in [6, 6.07) is 11.2. The molecule has 0 amide bonds. The largest absolute Gasteiger partial charge is 0.309 e. The van der Waals surface area contributed by atoms with Gasteiger partial charge in [0, 0.05) is 20.8 Å². The summed E-state index contributed by atoms with van der Waals surface area (Å²) < 4.78 is 0. The molecule has 0 saturated heterocycles. The average Bonchev–Trinajstić information content (AvgIpc) is 3.17. The van der Waals surface area contributed by atoms with E-state index in [4.69, 9.17) is 11.6 Å². The second-order valence-electron chi connectivity index (χ2n) is 5.49. The molecule has 1 fully saturated rings. The number of nitrogens with one attached hydrogen (secondary N) is 1. The summed E-state index contributed by atoms with van der Waals surface area (Å²) in [4.78, 5) is 2.78. The van der Waals surface area contributed by atoms with E-state index in [0.29, 0.717) is 6.04 Å². The van der Waals surface area contributed by atoms with Crippen LogP contribution in [0.15, 0.2) is 30.3 Å². The summed E-state index contributed by atoms with van der Waals surface area (Å²) >= 11 is 8.14. The Balaban J connectivity index is 1.91. The quantitative estimate of drug-likeness (QED) is 0.776. The molecule has 106 valence electrons. The molecule has 3 heteroatoms. The van der Waals surface area contributed by atoms with E-state index in [2.05, 4.69) is 37.4 Å². The van der Waals surface area contributed by atoms with Crippen LogP contribution in [-0.4, -0.2) is 6.54 Å². The maximum Gasteiger partial charge on any atom is 0.0443 e. The SMILES string of the molecule is CCNC(c1ccc(-c2cccc(Cl)c2C)s1)C1CC1. The second kappa shape index (κ2) is 5.88. The first-order valence-corrected chi connectivity index (χ1v) is 8.48. The Bertz CT molecular complexity index is 601. The minimum absolute atomic E-state index is 0.540. The molecule has 3 rings (SSSR count). The van der Waals surface area contributed by atoms with Crippen LogP contribution < -0.4 is 5.32 Å². The van der Waals surface area contributed by atoms with E-state index in [1.54, 1.807) is 0 Å². The maximum atomic E-state index is 6.24. The zero-order valence-electron chi connectivity index (χ0n) is 11.9. The first kappa shape index (κ1) is 14.1. The number of hydrogen-bond acceptors (Lipinski definition) is 2. The molecule has 1 aliphatic carbocycles. The van der Waals surface area contributed by atoms with Gasteiger partial charge < -0.3 is 5.32 Å². The number of thiophene rings is 1. The van der Waals surface area contributed by atoms with E-state index in [-0.39, 0.29) is 0 Å². The van der Waals surface area contributed by atoms with Crippen molar-refractivity contribution in [2.75, 3.05) is 6.54 Å². The third kappa shape index (κ3) is 2.78. The monoisotopic (exact) mass is 305 g/mol. The highest BCUT2D eigenvalue weighted by molar-refractivity contribution is 7.15. The fourth-order valence-electron chi connectivity index (χ4n) is 2.69. The van der Waals surface area contributed by atoms with Crippen molar-refractivity contribution < 1.29 is 0 Å². The third-order valence-electron chi connectivity index (χ3n) is 3.98. The van der Waals surface area contributed by atoms with Crippen molar-refractivity contribution in [1.82, 2.24) is 5.32 Å². The van der Waals surface area contributed by atoms with Crippen LogP contribution in [0, 0.1) is 12.8 Å². The fourth-order valence-corrected chi connectivity index (χ4v) is 4.12. The van der Waals surface area contributed by atoms with E-state index in [0.717, 1.165) is 17.5 Å². The summed E-state index contributed by atoms with van der Waals surface area (Å²) in [5.41, 5.74) is 2.44. The number of hydrogen-bond donors (Lipinski definition) is 1. The van der Waals surface area contributed by atoms with Gasteiger partial charge in [-0.1, -0.05) is 30.7 Å². The summed E-state index contributed by atoms with van der Waals surface area (Å²) in [6.07, 6.45) is 2.72. The summed E-state index contributed by atoms with van der Waals surface area (Å²) in [5.74, 6) is 0.835. The molecule has 1 saturated carbocycles. The van der Waals surface area contributed by atoms with Gasteiger partial charge in [-0.05, 0) is 61.6 Å². The zero-order chi connectivity index (χ0) is 14.1. The molecule has 0 radical (unpaired) electrons. The Morgan fingerprint density at radius 3 is 2.80 bits per heavy atom. The third-order valence-corrected chi connectivity index (χ3v) is 5.59. The highest BCUT2D eigenvalue weighted by atomic mass is 35.5. The first-order valence-electron chi connectivity index (χ1n) is 7.29. The number of halogens is 1. The zero-order valence-corrected chi connectivity index (χ0v) is 13.5. The van der Waals surface area contributed by atoms with Crippen LogP contribution in [-0.2, 0) is 0 Å². The van der Waals surface area contributed by atoms with Gasteiger partial charge in [0.1, 0.15) is 0 Å². The first-order chi connectivity index (χ1) is 9.70. The van der Waals surface area contributed by atoms with Crippen molar-refractivity contribution in [3.05, 3.63) is 45.8 Å². The van der Waals surface area contributed by atoms with E-state index in [9.17, 15) is 0 Å². The molecule has 1 unspecified atom stereocenters. The van der Waals surface area contributed by atoms with Gasteiger partial charge in [0.2, 0.25) is 0 Å². The minimum atomic E-state index is 0.540. The predicted molar refractivity (Wildman–Crippen MR) is 88.6 cm³/mol. The van der Waals surface area contributed by atoms with Crippen LogP contribution in [0.3, 0.4) is 0 Å². The van der Waals surface area contributed by atoms with E-state index >= 15 is 0 Å². The summed E-state index contributed by atoms with van der Waals surface area (Å²) in [6.45, 7) is 5.31. The molecule has 0 aliphatic heterocycles. The summed E-state index contributed by atoms with van der Waals surface area (Å²) in [5, 5.41) is 4.49. The normalized spacial score (nSPS) is 16.4. The Labute approximate surface area is 130 Å². The lowest BCUT2D eigenvalue weighted by Gasteiger charge is -2.15. The van der Waals surface area contributed by atoms with Crippen molar-refractivity contribution >= 4 is 22.9 Å². The molecule has 1 aromatic heterocycles. The van der Waals surface area contributed by atoms with Crippen molar-refractivity contribution in [3.63, 3.8) is 0 Å². The van der Waals surface area contributed by atoms with Gasteiger partial charge in [-0.2, -0.15) is 0 Å². The molecule has 1 heterocycles. The Morgan fingerprint density at radius 1 is 1.30 bits per heavy atom. The van der Waals surface area contributed by atoms with Crippen LogP contribution in [0.2, 0.25) is 5.02 Å².